The molecule has 28 heavy (non-hydrogen) atoms. The molecule has 0 atom stereocenters. The number of esters is 1. The Hall–Kier alpha value is -2.91. The molecule has 0 unspecified atom stereocenters. The molecule has 0 radical (unpaired) electrons. The fraction of sp³-hybridized carbons (Fsp3) is 0.263. The molecule has 0 aliphatic carbocycles. The number of benzene rings is 2. The topological polar surface area (TPSA) is 102 Å². The van der Waals surface area contributed by atoms with Crippen molar-refractivity contribution in [2.24, 2.45) is 0 Å². The number of amides is 1. The van der Waals surface area contributed by atoms with Crippen LogP contribution in [0, 0.1) is 0 Å². The first-order chi connectivity index (χ1) is 13.4. The lowest BCUT2D eigenvalue weighted by molar-refractivity contribution is -0.121. The van der Waals surface area contributed by atoms with Gasteiger partial charge in [-0.25, -0.2) is 17.9 Å². The molecule has 148 valence electrons. The minimum absolute atomic E-state index is 0.00393. The van der Waals surface area contributed by atoms with Crippen LogP contribution >= 0.6 is 0 Å². The Morgan fingerprint density at radius 2 is 1.93 bits per heavy atom. The van der Waals surface area contributed by atoms with E-state index in [1.54, 1.807) is 4.90 Å². The van der Waals surface area contributed by atoms with Crippen molar-refractivity contribution in [2.45, 2.75) is 11.3 Å². The van der Waals surface area contributed by atoms with Gasteiger partial charge < -0.3 is 14.4 Å². The van der Waals surface area contributed by atoms with Gasteiger partial charge in [0.25, 0.3) is 5.91 Å². The lowest BCUT2D eigenvalue weighted by Crippen LogP contribution is -2.33. The number of nitrogens with one attached hydrogen (secondary N) is 1. The second-order valence-electron chi connectivity index (χ2n) is 6.07. The molecular formula is C19H20N2O6S. The third-order valence-corrected chi connectivity index (χ3v) is 5.91. The summed E-state index contributed by atoms with van der Waals surface area (Å²) in [6, 6.07) is 11.5. The van der Waals surface area contributed by atoms with Gasteiger partial charge in [0, 0.05) is 12.2 Å². The number of fused-ring (bicyclic) bond motifs is 1. The molecule has 0 saturated carbocycles. The van der Waals surface area contributed by atoms with E-state index in [-0.39, 0.29) is 22.1 Å². The Morgan fingerprint density at radius 1 is 1.18 bits per heavy atom. The van der Waals surface area contributed by atoms with Gasteiger partial charge in [-0.1, -0.05) is 18.2 Å². The summed E-state index contributed by atoms with van der Waals surface area (Å²) in [6.07, 6.45) is 0.750. The largest absolute Gasteiger partial charge is 0.495 e. The molecule has 1 N–H and O–H groups in total. The van der Waals surface area contributed by atoms with E-state index in [0.29, 0.717) is 6.54 Å². The summed E-state index contributed by atoms with van der Waals surface area (Å²) in [5, 5.41) is 0. The van der Waals surface area contributed by atoms with Crippen molar-refractivity contribution in [3.05, 3.63) is 53.6 Å². The van der Waals surface area contributed by atoms with Crippen LogP contribution in [0.5, 0.6) is 5.75 Å². The van der Waals surface area contributed by atoms with Crippen molar-refractivity contribution in [1.82, 2.24) is 4.72 Å². The quantitative estimate of drug-likeness (QED) is 0.729. The molecule has 0 saturated heterocycles. The van der Waals surface area contributed by atoms with E-state index in [0.717, 1.165) is 23.7 Å². The second-order valence-corrected chi connectivity index (χ2v) is 7.93. The number of nitrogens with zero attached hydrogens (tertiary/aromatic N) is 1. The smallest absolute Gasteiger partial charge is 0.338 e. The Kier molecular flexibility index (Phi) is 5.66. The maximum atomic E-state index is 12.4. The number of para-hydroxylation sites is 1. The minimum atomic E-state index is -3.83. The maximum absolute atomic E-state index is 12.4. The molecule has 8 nitrogen and oxygen atoms in total. The SMILES string of the molecule is CNS(=O)(=O)c1cc(C(=O)OCC(=O)N2CCc3ccccc32)ccc1OC. The van der Waals surface area contributed by atoms with Gasteiger partial charge in [-0.05, 0) is 43.3 Å². The second kappa shape index (κ2) is 7.99. The van der Waals surface area contributed by atoms with E-state index in [2.05, 4.69) is 4.72 Å². The number of methoxy groups -OCH3 is 1. The fourth-order valence-corrected chi connectivity index (χ4v) is 3.93. The number of hydrogen-bond acceptors (Lipinski definition) is 6. The van der Waals surface area contributed by atoms with Crippen LogP contribution < -0.4 is 14.4 Å². The number of ether oxygens (including phenoxy) is 2. The number of rotatable bonds is 6. The van der Waals surface area contributed by atoms with Crippen molar-refractivity contribution in [3.8, 4) is 5.75 Å². The summed E-state index contributed by atoms with van der Waals surface area (Å²) >= 11 is 0. The van der Waals surface area contributed by atoms with E-state index in [4.69, 9.17) is 9.47 Å². The highest BCUT2D eigenvalue weighted by Crippen LogP contribution is 2.28. The van der Waals surface area contributed by atoms with Crippen LogP contribution in [0.2, 0.25) is 0 Å². The summed E-state index contributed by atoms with van der Waals surface area (Å²) < 4.78 is 36.5. The number of carbonyl (C=O) groups excluding carboxylic acids is 2. The standard InChI is InChI=1S/C19H20N2O6S/c1-20-28(24,25)17-11-14(7-8-16(17)26-2)19(23)27-12-18(22)21-10-9-13-5-3-4-6-15(13)21/h3-8,11,20H,9-10,12H2,1-2H3. The molecule has 1 aliphatic heterocycles. The van der Waals surface area contributed by atoms with Gasteiger partial charge in [-0.15, -0.1) is 0 Å². The van der Waals surface area contributed by atoms with Crippen molar-refractivity contribution >= 4 is 27.6 Å². The number of sulfonamides is 1. The zero-order chi connectivity index (χ0) is 20.3. The van der Waals surface area contributed by atoms with Crippen LogP contribution in [-0.2, 0) is 26.0 Å². The van der Waals surface area contributed by atoms with Gasteiger partial charge in [-0.2, -0.15) is 0 Å². The zero-order valence-electron chi connectivity index (χ0n) is 15.5. The first kappa shape index (κ1) is 19.8. The summed E-state index contributed by atoms with van der Waals surface area (Å²) in [5.41, 5.74) is 1.89. The maximum Gasteiger partial charge on any atom is 0.338 e. The highest BCUT2D eigenvalue weighted by atomic mass is 32.2. The summed E-state index contributed by atoms with van der Waals surface area (Å²) in [6.45, 7) is 0.0934. The zero-order valence-corrected chi connectivity index (χ0v) is 16.3. The molecule has 1 amide bonds. The Balaban J connectivity index is 1.72. The highest BCUT2D eigenvalue weighted by molar-refractivity contribution is 7.89. The van der Waals surface area contributed by atoms with Gasteiger partial charge in [0.2, 0.25) is 10.0 Å². The van der Waals surface area contributed by atoms with E-state index < -0.39 is 22.6 Å². The molecule has 3 rings (SSSR count). The van der Waals surface area contributed by atoms with Gasteiger partial charge >= 0.3 is 5.97 Å². The molecule has 9 heteroatoms. The van der Waals surface area contributed by atoms with Crippen LogP contribution in [0.3, 0.4) is 0 Å². The average Bonchev–Trinajstić information content (AvgIpc) is 3.15. The molecule has 0 bridgehead atoms. The molecule has 0 fully saturated rings. The van der Waals surface area contributed by atoms with Crippen molar-refractivity contribution < 1.29 is 27.5 Å². The van der Waals surface area contributed by atoms with E-state index in [9.17, 15) is 18.0 Å². The normalized spacial score (nSPS) is 13.1. The Bertz CT molecular complexity index is 1020. The predicted molar refractivity (Wildman–Crippen MR) is 102 cm³/mol. The van der Waals surface area contributed by atoms with Gasteiger partial charge in [0.15, 0.2) is 6.61 Å². The lowest BCUT2D eigenvalue weighted by atomic mass is 10.2. The van der Waals surface area contributed by atoms with Crippen molar-refractivity contribution in [1.29, 1.82) is 0 Å². The molecule has 1 heterocycles. The molecule has 0 aromatic heterocycles. The number of anilines is 1. The molecule has 0 spiro atoms. The molecule has 2 aromatic carbocycles. The minimum Gasteiger partial charge on any atom is -0.495 e. The summed E-state index contributed by atoms with van der Waals surface area (Å²) in [5.74, 6) is -1.04. The third-order valence-electron chi connectivity index (χ3n) is 4.47. The third kappa shape index (κ3) is 3.85. The number of hydrogen-bond donors (Lipinski definition) is 1. The average molecular weight is 404 g/mol. The monoisotopic (exact) mass is 404 g/mol. The van der Waals surface area contributed by atoms with Crippen LogP contribution in [0.15, 0.2) is 47.4 Å². The van der Waals surface area contributed by atoms with Crippen molar-refractivity contribution in [3.63, 3.8) is 0 Å². The van der Waals surface area contributed by atoms with Crippen LogP contribution in [0.1, 0.15) is 15.9 Å². The molecule has 2 aromatic rings. The van der Waals surface area contributed by atoms with E-state index >= 15 is 0 Å². The Labute approximate surface area is 163 Å². The Morgan fingerprint density at radius 3 is 2.64 bits per heavy atom. The fourth-order valence-electron chi connectivity index (χ4n) is 3.01. The molecule has 1 aliphatic rings. The van der Waals surface area contributed by atoms with Crippen LogP contribution in [0.25, 0.3) is 0 Å². The molecular weight excluding hydrogens is 384 g/mol. The summed E-state index contributed by atoms with van der Waals surface area (Å²) in [7, 11) is -1.25. The van der Waals surface area contributed by atoms with E-state index in [1.165, 1.54) is 26.3 Å². The van der Waals surface area contributed by atoms with Crippen LogP contribution in [0.4, 0.5) is 5.69 Å². The van der Waals surface area contributed by atoms with Crippen molar-refractivity contribution in [2.75, 3.05) is 32.2 Å². The van der Waals surface area contributed by atoms with Gasteiger partial charge in [0.1, 0.15) is 10.6 Å². The van der Waals surface area contributed by atoms with Gasteiger partial charge in [0.05, 0.1) is 12.7 Å². The van der Waals surface area contributed by atoms with E-state index in [1.807, 2.05) is 24.3 Å². The highest BCUT2D eigenvalue weighted by Gasteiger charge is 2.26. The van der Waals surface area contributed by atoms with Crippen LogP contribution in [-0.4, -0.2) is 47.6 Å². The van der Waals surface area contributed by atoms with Gasteiger partial charge in [-0.3, -0.25) is 4.79 Å². The predicted octanol–water partition coefficient (Wildman–Crippen LogP) is 1.35. The first-order valence-electron chi connectivity index (χ1n) is 8.54. The first-order valence-corrected chi connectivity index (χ1v) is 10.0. The number of carbonyl (C=O) groups is 2. The summed E-state index contributed by atoms with van der Waals surface area (Å²) in [4.78, 5) is 26.2. The lowest BCUT2D eigenvalue weighted by Gasteiger charge is -2.17.